The van der Waals surface area contributed by atoms with E-state index in [-0.39, 0.29) is 5.56 Å². The number of ether oxygens (including phenoxy) is 2. The van der Waals surface area contributed by atoms with Crippen molar-refractivity contribution < 1.29 is 24.5 Å². The standard InChI is InChI=1S/C28H26N2O5/c1-28(2)21-14-13-20(27(32)33)24-25(21)22(15-23(28)31)30(17-7-11-19(35-4)12-8-17)26(24)29-16-5-9-18(34-3)10-6-16/h5-15,23,31H,1-4H3,(H,32,33). The SMILES string of the molecule is COc1ccc(N=C2c3c(C(=O)O)ccc4c3C(=CC(O)C4(C)C)N2c2ccc(OC)cc2)cc1. The van der Waals surface area contributed by atoms with Crippen LogP contribution in [0.4, 0.5) is 11.4 Å². The Morgan fingerprint density at radius 1 is 0.914 bits per heavy atom. The van der Waals surface area contributed by atoms with Crippen molar-refractivity contribution >= 4 is 28.9 Å². The topological polar surface area (TPSA) is 91.6 Å². The summed E-state index contributed by atoms with van der Waals surface area (Å²) < 4.78 is 10.6. The van der Waals surface area contributed by atoms with Gasteiger partial charge in [0.25, 0.3) is 0 Å². The number of nitrogens with zero attached hydrogens (tertiary/aromatic N) is 2. The van der Waals surface area contributed by atoms with Gasteiger partial charge < -0.3 is 19.7 Å². The molecule has 2 aliphatic rings. The van der Waals surface area contributed by atoms with E-state index in [0.29, 0.717) is 34.3 Å². The molecule has 1 atom stereocenters. The first-order valence-corrected chi connectivity index (χ1v) is 11.2. The van der Waals surface area contributed by atoms with Crippen molar-refractivity contribution in [3.8, 4) is 11.5 Å². The fraction of sp³-hybridized carbons (Fsp3) is 0.214. The van der Waals surface area contributed by atoms with E-state index in [0.717, 1.165) is 16.8 Å². The third kappa shape index (κ3) is 3.56. The van der Waals surface area contributed by atoms with Crippen LogP contribution in [-0.4, -0.2) is 42.3 Å². The number of carbonyl (C=O) groups is 1. The zero-order chi connectivity index (χ0) is 24.9. The molecule has 0 bridgehead atoms. The van der Waals surface area contributed by atoms with Crippen LogP contribution in [0.2, 0.25) is 0 Å². The van der Waals surface area contributed by atoms with Gasteiger partial charge in [-0.05, 0) is 66.2 Å². The number of anilines is 1. The number of carboxylic acid groups (broad SMARTS) is 1. The summed E-state index contributed by atoms with van der Waals surface area (Å²) in [5.41, 5.74) is 3.87. The minimum Gasteiger partial charge on any atom is -0.497 e. The predicted molar refractivity (Wildman–Crippen MR) is 135 cm³/mol. The van der Waals surface area contributed by atoms with Gasteiger partial charge in [-0.2, -0.15) is 0 Å². The van der Waals surface area contributed by atoms with E-state index in [4.69, 9.17) is 14.5 Å². The molecular weight excluding hydrogens is 444 g/mol. The summed E-state index contributed by atoms with van der Waals surface area (Å²) in [5.74, 6) is 0.838. The summed E-state index contributed by atoms with van der Waals surface area (Å²) in [6, 6.07) is 18.1. The lowest BCUT2D eigenvalue weighted by Crippen LogP contribution is -2.37. The second kappa shape index (κ2) is 8.29. The van der Waals surface area contributed by atoms with E-state index < -0.39 is 17.5 Å². The Morgan fingerprint density at radius 2 is 1.51 bits per heavy atom. The molecule has 35 heavy (non-hydrogen) atoms. The molecule has 3 aromatic carbocycles. The van der Waals surface area contributed by atoms with Crippen LogP contribution in [0.1, 0.15) is 40.9 Å². The van der Waals surface area contributed by atoms with Gasteiger partial charge in [0, 0.05) is 22.2 Å². The first kappa shape index (κ1) is 22.7. The summed E-state index contributed by atoms with van der Waals surface area (Å²) in [5, 5.41) is 21.2. The lowest BCUT2D eigenvalue weighted by molar-refractivity contribution is 0.0696. The second-order valence-electron chi connectivity index (χ2n) is 9.10. The van der Waals surface area contributed by atoms with Crippen molar-refractivity contribution in [2.75, 3.05) is 19.1 Å². The molecule has 3 aromatic rings. The average Bonchev–Trinajstić information content (AvgIpc) is 3.16. The third-order valence-electron chi connectivity index (χ3n) is 6.76. The normalized spacial score (nSPS) is 18.8. The summed E-state index contributed by atoms with van der Waals surface area (Å²) in [6.07, 6.45) is 1.02. The Morgan fingerprint density at radius 3 is 2.09 bits per heavy atom. The smallest absolute Gasteiger partial charge is 0.336 e. The van der Waals surface area contributed by atoms with Crippen molar-refractivity contribution in [1.82, 2.24) is 0 Å². The van der Waals surface area contributed by atoms with Gasteiger partial charge in [0.1, 0.15) is 17.3 Å². The highest BCUT2D eigenvalue weighted by Crippen LogP contribution is 2.49. The highest BCUT2D eigenvalue weighted by Gasteiger charge is 2.45. The van der Waals surface area contributed by atoms with Crippen molar-refractivity contribution in [3.63, 3.8) is 0 Å². The quantitative estimate of drug-likeness (QED) is 0.546. The van der Waals surface area contributed by atoms with Crippen LogP contribution in [0.5, 0.6) is 11.5 Å². The Labute approximate surface area is 203 Å². The molecule has 178 valence electrons. The summed E-state index contributed by atoms with van der Waals surface area (Å²) in [6.45, 7) is 3.91. The number of aliphatic imine (C=N–C) groups is 1. The van der Waals surface area contributed by atoms with Crippen molar-refractivity contribution in [3.05, 3.63) is 89.0 Å². The van der Waals surface area contributed by atoms with Crippen LogP contribution in [0.3, 0.4) is 0 Å². The maximum atomic E-state index is 12.3. The lowest BCUT2D eigenvalue weighted by Gasteiger charge is -2.36. The van der Waals surface area contributed by atoms with Gasteiger partial charge in [0.05, 0.1) is 37.3 Å². The third-order valence-corrected chi connectivity index (χ3v) is 6.76. The first-order chi connectivity index (χ1) is 16.8. The minimum atomic E-state index is -1.04. The number of hydrogen-bond acceptors (Lipinski definition) is 5. The van der Waals surface area contributed by atoms with Gasteiger partial charge in [-0.1, -0.05) is 19.9 Å². The van der Waals surface area contributed by atoms with Crippen molar-refractivity contribution in [2.24, 2.45) is 4.99 Å². The number of aromatic carboxylic acids is 1. The van der Waals surface area contributed by atoms with Crippen molar-refractivity contribution in [1.29, 1.82) is 0 Å². The highest BCUT2D eigenvalue weighted by atomic mass is 16.5. The molecule has 1 aliphatic heterocycles. The molecule has 0 saturated heterocycles. The summed E-state index contributed by atoms with van der Waals surface area (Å²) in [4.78, 5) is 19.2. The number of aliphatic hydroxyl groups is 1. The molecule has 1 unspecified atom stereocenters. The van der Waals surface area contributed by atoms with E-state index in [1.54, 1.807) is 32.4 Å². The maximum absolute atomic E-state index is 12.3. The zero-order valence-electron chi connectivity index (χ0n) is 19.9. The molecule has 0 aromatic heterocycles. The first-order valence-electron chi connectivity index (χ1n) is 11.2. The highest BCUT2D eigenvalue weighted by molar-refractivity contribution is 6.29. The molecule has 5 rings (SSSR count). The molecule has 0 radical (unpaired) electrons. The van der Waals surface area contributed by atoms with Crippen LogP contribution in [-0.2, 0) is 5.41 Å². The Hall–Kier alpha value is -4.10. The van der Waals surface area contributed by atoms with Crippen LogP contribution in [0, 0.1) is 0 Å². The van der Waals surface area contributed by atoms with Gasteiger partial charge in [0.2, 0.25) is 0 Å². The van der Waals surface area contributed by atoms with E-state index >= 15 is 0 Å². The molecule has 7 heteroatoms. The average molecular weight is 471 g/mol. The van der Waals surface area contributed by atoms with E-state index in [2.05, 4.69) is 0 Å². The fourth-order valence-corrected chi connectivity index (χ4v) is 4.71. The maximum Gasteiger partial charge on any atom is 0.336 e. The van der Waals surface area contributed by atoms with Crippen LogP contribution in [0.15, 0.2) is 71.7 Å². The molecule has 1 heterocycles. The molecule has 7 nitrogen and oxygen atoms in total. The van der Waals surface area contributed by atoms with Gasteiger partial charge in [-0.3, -0.25) is 4.90 Å². The van der Waals surface area contributed by atoms with E-state index in [1.165, 1.54) is 0 Å². The number of benzene rings is 3. The predicted octanol–water partition coefficient (Wildman–Crippen LogP) is 4.99. The van der Waals surface area contributed by atoms with Gasteiger partial charge in [0.15, 0.2) is 0 Å². The van der Waals surface area contributed by atoms with E-state index in [9.17, 15) is 15.0 Å². The molecule has 2 N–H and O–H groups in total. The summed E-state index contributed by atoms with van der Waals surface area (Å²) in [7, 11) is 3.20. The Kier molecular flexibility index (Phi) is 5.37. The lowest BCUT2D eigenvalue weighted by atomic mass is 9.72. The molecule has 0 fully saturated rings. The molecular formula is C28H26N2O5. The molecule has 0 amide bonds. The van der Waals surface area contributed by atoms with Gasteiger partial charge in [-0.25, -0.2) is 9.79 Å². The van der Waals surface area contributed by atoms with Gasteiger partial charge in [-0.15, -0.1) is 0 Å². The largest absolute Gasteiger partial charge is 0.497 e. The van der Waals surface area contributed by atoms with Crippen LogP contribution >= 0.6 is 0 Å². The number of rotatable bonds is 5. The molecule has 1 aliphatic carbocycles. The number of aliphatic hydroxyl groups excluding tert-OH is 1. The zero-order valence-corrected chi connectivity index (χ0v) is 19.9. The van der Waals surface area contributed by atoms with Crippen LogP contribution < -0.4 is 14.4 Å². The molecule has 0 saturated carbocycles. The van der Waals surface area contributed by atoms with E-state index in [1.807, 2.05) is 67.3 Å². The number of methoxy groups -OCH3 is 2. The number of amidine groups is 1. The molecule has 0 spiro atoms. The minimum absolute atomic E-state index is 0.158. The number of carboxylic acids is 1. The second-order valence-corrected chi connectivity index (χ2v) is 9.10. The van der Waals surface area contributed by atoms with Gasteiger partial charge >= 0.3 is 5.97 Å². The van der Waals surface area contributed by atoms with Crippen LogP contribution in [0.25, 0.3) is 5.70 Å². The fourth-order valence-electron chi connectivity index (χ4n) is 4.71. The Bertz CT molecular complexity index is 1370. The monoisotopic (exact) mass is 470 g/mol. The Balaban J connectivity index is 1.82. The van der Waals surface area contributed by atoms with Crippen molar-refractivity contribution in [2.45, 2.75) is 25.4 Å². The summed E-state index contributed by atoms with van der Waals surface area (Å²) >= 11 is 0. The number of hydrogen-bond donors (Lipinski definition) is 2.